The first-order valence-corrected chi connectivity index (χ1v) is 9.73. The van der Waals surface area contributed by atoms with E-state index in [1.165, 1.54) is 5.56 Å². The fraction of sp³-hybridized carbons (Fsp3) is 0.450. The van der Waals surface area contributed by atoms with Crippen molar-refractivity contribution in [2.75, 3.05) is 26.0 Å². The van der Waals surface area contributed by atoms with Gasteiger partial charge < -0.3 is 9.47 Å². The van der Waals surface area contributed by atoms with Crippen molar-refractivity contribution in [2.45, 2.75) is 30.4 Å². The van der Waals surface area contributed by atoms with Crippen LogP contribution in [0.25, 0.3) is 0 Å². The number of thioether (sulfide) groups is 1. The minimum absolute atomic E-state index is 0.369. The van der Waals surface area contributed by atoms with Gasteiger partial charge in [-0.2, -0.15) is 0 Å². The van der Waals surface area contributed by atoms with Crippen LogP contribution in [-0.2, 0) is 17.9 Å². The number of likely N-dealkylation sites (tertiary alicyclic amines) is 1. The van der Waals surface area contributed by atoms with Crippen LogP contribution in [0, 0.1) is 0 Å². The Bertz CT molecular complexity index is 687. The number of hydrogen-bond acceptors (Lipinski definition) is 5. The Kier molecular flexibility index (Phi) is 4.97. The van der Waals surface area contributed by atoms with Crippen molar-refractivity contribution in [1.82, 2.24) is 9.88 Å². The third-order valence-electron chi connectivity index (χ3n) is 4.97. The summed E-state index contributed by atoms with van der Waals surface area (Å²) in [7, 11) is 1.71. The first kappa shape index (κ1) is 16.9. The normalized spacial score (nSPS) is 22.0. The van der Waals surface area contributed by atoms with Crippen LogP contribution in [0.5, 0.6) is 5.75 Å². The molecule has 5 heteroatoms. The molecule has 2 fully saturated rings. The highest BCUT2D eigenvalue weighted by atomic mass is 32.2. The summed E-state index contributed by atoms with van der Waals surface area (Å²) >= 11 is 2.09. The molecule has 2 saturated heterocycles. The first-order chi connectivity index (χ1) is 12.2. The molecule has 25 heavy (non-hydrogen) atoms. The lowest BCUT2D eigenvalue weighted by Crippen LogP contribution is -2.58. The topological polar surface area (TPSA) is 34.6 Å². The van der Waals surface area contributed by atoms with Gasteiger partial charge in [0.05, 0.1) is 19.8 Å². The molecule has 1 spiro atoms. The van der Waals surface area contributed by atoms with E-state index in [1.807, 2.05) is 24.4 Å². The molecule has 2 aromatic rings. The van der Waals surface area contributed by atoms with E-state index in [-0.39, 0.29) is 0 Å². The van der Waals surface area contributed by atoms with Gasteiger partial charge in [0.25, 0.3) is 0 Å². The van der Waals surface area contributed by atoms with Gasteiger partial charge in [0.2, 0.25) is 0 Å². The summed E-state index contributed by atoms with van der Waals surface area (Å²) in [5, 5.41) is 0. The molecule has 1 aromatic heterocycles. The van der Waals surface area contributed by atoms with Crippen molar-refractivity contribution < 1.29 is 9.47 Å². The number of pyridine rings is 1. The number of ether oxygens (including phenoxy) is 2. The minimum Gasteiger partial charge on any atom is -0.497 e. The molecule has 2 aliphatic heterocycles. The van der Waals surface area contributed by atoms with Crippen LogP contribution < -0.4 is 4.74 Å². The lowest BCUT2D eigenvalue weighted by Gasteiger charge is -2.47. The molecule has 0 saturated carbocycles. The maximum Gasteiger partial charge on any atom is 0.118 e. The summed E-state index contributed by atoms with van der Waals surface area (Å²) in [6.45, 7) is 4.02. The molecule has 4 nitrogen and oxygen atoms in total. The summed E-state index contributed by atoms with van der Waals surface area (Å²) in [6, 6.07) is 12.4. The highest BCUT2D eigenvalue weighted by Gasteiger charge is 2.49. The fourth-order valence-corrected chi connectivity index (χ4v) is 5.30. The van der Waals surface area contributed by atoms with Gasteiger partial charge in [0.1, 0.15) is 5.75 Å². The number of aromatic nitrogens is 1. The summed E-state index contributed by atoms with van der Waals surface area (Å²) < 4.78 is 11.7. The summed E-state index contributed by atoms with van der Waals surface area (Å²) in [5.74, 6) is 2.03. The van der Waals surface area contributed by atoms with Gasteiger partial charge in [-0.25, -0.2) is 0 Å². The summed E-state index contributed by atoms with van der Waals surface area (Å²) in [6.07, 6.45) is 5.22. The van der Waals surface area contributed by atoms with E-state index in [0.717, 1.165) is 43.1 Å². The molecule has 1 atom stereocenters. The molecule has 0 radical (unpaired) electrons. The predicted octanol–water partition coefficient (Wildman–Crippen LogP) is 3.37. The minimum atomic E-state index is 0.369. The third kappa shape index (κ3) is 4.00. The van der Waals surface area contributed by atoms with E-state index in [1.54, 1.807) is 13.3 Å². The van der Waals surface area contributed by atoms with E-state index in [0.29, 0.717) is 17.5 Å². The van der Waals surface area contributed by atoms with Crippen LogP contribution in [0.3, 0.4) is 0 Å². The van der Waals surface area contributed by atoms with Crippen molar-refractivity contribution in [1.29, 1.82) is 0 Å². The van der Waals surface area contributed by atoms with Crippen molar-refractivity contribution >= 4 is 11.8 Å². The SMILES string of the molecule is COc1ccc(CN2CC3(C[C@H](OCc4cccnc4)CS3)C2)cc1. The number of benzene rings is 1. The second kappa shape index (κ2) is 7.36. The van der Waals surface area contributed by atoms with Gasteiger partial charge in [-0.1, -0.05) is 18.2 Å². The Labute approximate surface area is 153 Å². The lowest BCUT2D eigenvalue weighted by atomic mass is 9.92. The molecular formula is C20H24N2O2S. The first-order valence-electron chi connectivity index (χ1n) is 8.74. The van der Waals surface area contributed by atoms with Crippen LogP contribution in [0.1, 0.15) is 17.5 Å². The predicted molar refractivity (Wildman–Crippen MR) is 101 cm³/mol. The Balaban J connectivity index is 1.23. The van der Waals surface area contributed by atoms with E-state index in [9.17, 15) is 0 Å². The average Bonchev–Trinajstić information content (AvgIpc) is 3.06. The van der Waals surface area contributed by atoms with Gasteiger partial charge in [0.15, 0.2) is 0 Å². The monoisotopic (exact) mass is 356 g/mol. The Morgan fingerprint density at radius 3 is 2.76 bits per heavy atom. The third-order valence-corrected chi connectivity index (χ3v) is 6.55. The van der Waals surface area contributed by atoms with Gasteiger partial charge in [0, 0.05) is 42.5 Å². The van der Waals surface area contributed by atoms with Crippen molar-refractivity contribution in [3.05, 3.63) is 59.9 Å². The molecule has 3 heterocycles. The van der Waals surface area contributed by atoms with Crippen LogP contribution >= 0.6 is 11.8 Å². The molecular weight excluding hydrogens is 332 g/mol. The second-order valence-corrected chi connectivity index (χ2v) is 8.47. The van der Waals surface area contributed by atoms with Crippen molar-refractivity contribution in [3.63, 3.8) is 0 Å². The highest BCUT2D eigenvalue weighted by molar-refractivity contribution is 8.01. The molecule has 2 aliphatic rings. The molecule has 0 aliphatic carbocycles. The molecule has 4 rings (SSSR count). The van der Waals surface area contributed by atoms with Gasteiger partial charge in [-0.05, 0) is 35.7 Å². The van der Waals surface area contributed by atoms with E-state index >= 15 is 0 Å². The number of nitrogens with zero attached hydrogens (tertiary/aromatic N) is 2. The zero-order chi connectivity index (χ0) is 17.1. The quantitative estimate of drug-likeness (QED) is 0.793. The fourth-order valence-electron chi connectivity index (χ4n) is 3.70. The van der Waals surface area contributed by atoms with E-state index in [2.05, 4.69) is 39.8 Å². The molecule has 1 aromatic carbocycles. The maximum atomic E-state index is 6.11. The van der Waals surface area contributed by atoms with Crippen molar-refractivity contribution in [2.24, 2.45) is 0 Å². The summed E-state index contributed by atoms with van der Waals surface area (Å²) in [4.78, 5) is 6.67. The molecule has 0 N–H and O–H groups in total. The van der Waals surface area contributed by atoms with Crippen molar-refractivity contribution in [3.8, 4) is 5.75 Å². The Morgan fingerprint density at radius 2 is 2.04 bits per heavy atom. The van der Waals surface area contributed by atoms with Crippen LogP contribution in [0.15, 0.2) is 48.8 Å². The van der Waals surface area contributed by atoms with E-state index < -0.39 is 0 Å². The lowest BCUT2D eigenvalue weighted by molar-refractivity contribution is 0.0263. The van der Waals surface area contributed by atoms with Gasteiger partial charge in [-0.15, -0.1) is 11.8 Å². The maximum absolute atomic E-state index is 6.11. The van der Waals surface area contributed by atoms with Gasteiger partial charge >= 0.3 is 0 Å². The zero-order valence-electron chi connectivity index (χ0n) is 14.6. The Morgan fingerprint density at radius 1 is 1.20 bits per heavy atom. The standard InChI is InChI=1S/C20H24N2O2S/c1-23-18-6-4-16(5-7-18)11-22-14-20(15-22)9-19(13-25-20)24-12-17-3-2-8-21-10-17/h2-8,10,19H,9,11-15H2,1H3/t19-/m0/s1. The zero-order valence-corrected chi connectivity index (χ0v) is 15.4. The second-order valence-electron chi connectivity index (χ2n) is 6.99. The van der Waals surface area contributed by atoms with Crippen LogP contribution in [0.4, 0.5) is 0 Å². The van der Waals surface area contributed by atoms with Gasteiger partial charge in [-0.3, -0.25) is 9.88 Å². The number of hydrogen-bond donors (Lipinski definition) is 0. The highest BCUT2D eigenvalue weighted by Crippen LogP contribution is 2.46. The number of methoxy groups -OCH3 is 1. The molecule has 0 bridgehead atoms. The largest absolute Gasteiger partial charge is 0.497 e. The van der Waals surface area contributed by atoms with E-state index in [4.69, 9.17) is 9.47 Å². The van der Waals surface area contributed by atoms with Crippen LogP contribution in [-0.4, -0.2) is 46.7 Å². The molecule has 132 valence electrons. The smallest absolute Gasteiger partial charge is 0.118 e. The molecule has 0 unspecified atom stereocenters. The number of rotatable bonds is 6. The van der Waals surface area contributed by atoms with Crippen LogP contribution in [0.2, 0.25) is 0 Å². The molecule has 0 amide bonds. The summed E-state index contributed by atoms with van der Waals surface area (Å²) in [5.41, 5.74) is 2.51. The average molecular weight is 356 g/mol. The Hall–Kier alpha value is -1.56.